The zero-order chi connectivity index (χ0) is 12.1. The van der Waals surface area contributed by atoms with E-state index in [0.717, 1.165) is 25.6 Å². The maximum absolute atomic E-state index is 11.8. The molecule has 98 valence electrons. The van der Waals surface area contributed by atoms with Crippen molar-refractivity contribution in [3.63, 3.8) is 0 Å². The molecule has 1 saturated carbocycles. The number of nitrogens with one attached hydrogen (secondary N) is 2. The number of carbonyl (C=O) groups excluding carboxylic acids is 1. The van der Waals surface area contributed by atoms with Gasteiger partial charge in [-0.25, -0.2) is 0 Å². The molecule has 2 N–H and O–H groups in total. The first kappa shape index (κ1) is 12.9. The van der Waals surface area contributed by atoms with Gasteiger partial charge in [0.05, 0.1) is 0 Å². The van der Waals surface area contributed by atoms with E-state index in [2.05, 4.69) is 17.6 Å². The van der Waals surface area contributed by atoms with Crippen LogP contribution in [0.3, 0.4) is 0 Å². The number of hydrogen-bond donors (Lipinski definition) is 2. The van der Waals surface area contributed by atoms with Gasteiger partial charge in [-0.3, -0.25) is 4.79 Å². The Hall–Kier alpha value is -0.570. The van der Waals surface area contributed by atoms with Crippen LogP contribution in [-0.4, -0.2) is 25.5 Å². The first-order valence-corrected chi connectivity index (χ1v) is 7.23. The van der Waals surface area contributed by atoms with E-state index < -0.39 is 0 Å². The predicted molar refractivity (Wildman–Crippen MR) is 69.7 cm³/mol. The second-order valence-corrected chi connectivity index (χ2v) is 5.89. The van der Waals surface area contributed by atoms with Crippen LogP contribution < -0.4 is 10.6 Å². The molecule has 0 aromatic carbocycles. The fraction of sp³-hybridized carbons (Fsp3) is 0.929. The standard InChI is InChI=1S/C14H26N2O/c1-11(13-6-3-7-15-10-13)8-14(17)16-9-12-4-2-5-12/h11-13,15H,2-10H2,1H3,(H,16,17). The van der Waals surface area contributed by atoms with Crippen LogP contribution in [-0.2, 0) is 4.79 Å². The van der Waals surface area contributed by atoms with E-state index in [4.69, 9.17) is 0 Å². The van der Waals surface area contributed by atoms with Crippen molar-refractivity contribution < 1.29 is 4.79 Å². The fourth-order valence-electron chi connectivity index (χ4n) is 2.85. The van der Waals surface area contributed by atoms with Gasteiger partial charge in [-0.1, -0.05) is 13.3 Å². The number of rotatable bonds is 5. The number of amides is 1. The summed E-state index contributed by atoms with van der Waals surface area (Å²) >= 11 is 0. The Morgan fingerprint density at radius 2 is 2.18 bits per heavy atom. The second kappa shape index (κ2) is 6.39. The molecular weight excluding hydrogens is 212 g/mol. The molecule has 2 aliphatic rings. The fourth-order valence-corrected chi connectivity index (χ4v) is 2.85. The highest BCUT2D eigenvalue weighted by Gasteiger charge is 2.23. The van der Waals surface area contributed by atoms with Crippen molar-refractivity contribution in [3.05, 3.63) is 0 Å². The van der Waals surface area contributed by atoms with Crippen molar-refractivity contribution in [2.24, 2.45) is 17.8 Å². The van der Waals surface area contributed by atoms with Crippen LogP contribution >= 0.6 is 0 Å². The van der Waals surface area contributed by atoms with E-state index in [1.807, 2.05) is 0 Å². The molecule has 2 unspecified atom stereocenters. The smallest absolute Gasteiger partial charge is 0.220 e. The quantitative estimate of drug-likeness (QED) is 0.768. The molecule has 1 saturated heterocycles. The molecule has 0 aromatic rings. The molecule has 0 aromatic heterocycles. The summed E-state index contributed by atoms with van der Waals surface area (Å²) in [5, 5.41) is 6.52. The van der Waals surface area contributed by atoms with E-state index in [1.54, 1.807) is 0 Å². The summed E-state index contributed by atoms with van der Waals surface area (Å²) in [5.74, 6) is 2.24. The second-order valence-electron chi connectivity index (χ2n) is 5.89. The van der Waals surface area contributed by atoms with E-state index in [0.29, 0.717) is 18.3 Å². The highest BCUT2D eigenvalue weighted by Crippen LogP contribution is 2.25. The van der Waals surface area contributed by atoms with Gasteiger partial charge in [-0.15, -0.1) is 0 Å². The Labute approximate surface area is 105 Å². The third-order valence-electron chi connectivity index (χ3n) is 4.46. The summed E-state index contributed by atoms with van der Waals surface area (Å²) in [6.07, 6.45) is 7.22. The van der Waals surface area contributed by atoms with Crippen molar-refractivity contribution in [1.29, 1.82) is 0 Å². The van der Waals surface area contributed by atoms with E-state index >= 15 is 0 Å². The molecule has 2 atom stereocenters. The Bertz CT molecular complexity index is 245. The molecule has 0 bridgehead atoms. The van der Waals surface area contributed by atoms with Gasteiger partial charge in [0.15, 0.2) is 0 Å². The topological polar surface area (TPSA) is 41.1 Å². The minimum atomic E-state index is 0.259. The maximum Gasteiger partial charge on any atom is 0.220 e. The third kappa shape index (κ3) is 3.98. The summed E-state index contributed by atoms with van der Waals surface area (Å²) in [6.45, 7) is 5.38. The predicted octanol–water partition coefficient (Wildman–Crippen LogP) is 1.93. The van der Waals surface area contributed by atoms with Crippen molar-refractivity contribution in [3.8, 4) is 0 Å². The maximum atomic E-state index is 11.8. The first-order valence-electron chi connectivity index (χ1n) is 7.23. The van der Waals surface area contributed by atoms with Crippen molar-refractivity contribution in [1.82, 2.24) is 10.6 Å². The van der Waals surface area contributed by atoms with Gasteiger partial charge in [-0.05, 0) is 56.5 Å². The van der Waals surface area contributed by atoms with Crippen LogP contribution in [0.15, 0.2) is 0 Å². The molecule has 3 heteroatoms. The molecule has 1 amide bonds. The lowest BCUT2D eigenvalue weighted by molar-refractivity contribution is -0.122. The van der Waals surface area contributed by atoms with E-state index in [1.165, 1.54) is 32.1 Å². The average Bonchev–Trinajstić information content (AvgIpc) is 2.28. The van der Waals surface area contributed by atoms with E-state index in [-0.39, 0.29) is 5.91 Å². The highest BCUT2D eigenvalue weighted by atomic mass is 16.1. The SMILES string of the molecule is CC(CC(=O)NCC1CCC1)C1CCCNC1. The number of carbonyl (C=O) groups is 1. The minimum absolute atomic E-state index is 0.259. The Kier molecular flexibility index (Phi) is 4.84. The molecule has 2 fully saturated rings. The monoisotopic (exact) mass is 238 g/mol. The van der Waals surface area contributed by atoms with Gasteiger partial charge in [0.2, 0.25) is 5.91 Å². The van der Waals surface area contributed by atoms with Crippen molar-refractivity contribution in [2.75, 3.05) is 19.6 Å². The van der Waals surface area contributed by atoms with Gasteiger partial charge in [0.1, 0.15) is 0 Å². The van der Waals surface area contributed by atoms with Gasteiger partial charge in [0, 0.05) is 13.0 Å². The molecule has 3 nitrogen and oxygen atoms in total. The molecule has 1 heterocycles. The van der Waals surface area contributed by atoms with Crippen LogP contribution in [0.4, 0.5) is 0 Å². The summed E-state index contributed by atoms with van der Waals surface area (Å²) in [4.78, 5) is 11.8. The number of hydrogen-bond acceptors (Lipinski definition) is 2. The molecule has 0 radical (unpaired) electrons. The Morgan fingerprint density at radius 1 is 1.35 bits per heavy atom. The lowest BCUT2D eigenvalue weighted by Gasteiger charge is -2.29. The molecule has 17 heavy (non-hydrogen) atoms. The highest BCUT2D eigenvalue weighted by molar-refractivity contribution is 5.76. The molecule has 1 aliphatic heterocycles. The van der Waals surface area contributed by atoms with E-state index in [9.17, 15) is 4.79 Å². The third-order valence-corrected chi connectivity index (χ3v) is 4.46. The largest absolute Gasteiger partial charge is 0.356 e. The van der Waals surface area contributed by atoms with Crippen molar-refractivity contribution >= 4 is 5.91 Å². The van der Waals surface area contributed by atoms with Crippen LogP contribution in [0, 0.1) is 17.8 Å². The van der Waals surface area contributed by atoms with Gasteiger partial charge in [-0.2, -0.15) is 0 Å². The Balaban J connectivity index is 1.62. The van der Waals surface area contributed by atoms with Crippen LogP contribution in [0.1, 0.15) is 45.4 Å². The van der Waals surface area contributed by atoms with Crippen molar-refractivity contribution in [2.45, 2.75) is 45.4 Å². The lowest BCUT2D eigenvalue weighted by Crippen LogP contribution is -2.37. The molecule has 2 rings (SSSR count). The summed E-state index contributed by atoms with van der Waals surface area (Å²) in [7, 11) is 0. The molecular formula is C14H26N2O. The van der Waals surface area contributed by atoms with Gasteiger partial charge in [0.25, 0.3) is 0 Å². The lowest BCUT2D eigenvalue weighted by atomic mass is 9.84. The summed E-state index contributed by atoms with van der Waals surface area (Å²) in [6, 6.07) is 0. The summed E-state index contributed by atoms with van der Waals surface area (Å²) in [5.41, 5.74) is 0. The molecule has 0 spiro atoms. The summed E-state index contributed by atoms with van der Waals surface area (Å²) < 4.78 is 0. The molecule has 1 aliphatic carbocycles. The first-order chi connectivity index (χ1) is 8.25. The zero-order valence-electron chi connectivity index (χ0n) is 11.0. The van der Waals surface area contributed by atoms with Gasteiger partial charge < -0.3 is 10.6 Å². The minimum Gasteiger partial charge on any atom is -0.356 e. The Morgan fingerprint density at radius 3 is 2.76 bits per heavy atom. The zero-order valence-corrected chi connectivity index (χ0v) is 11.0. The average molecular weight is 238 g/mol. The number of piperidine rings is 1. The van der Waals surface area contributed by atoms with Crippen LogP contribution in [0.2, 0.25) is 0 Å². The van der Waals surface area contributed by atoms with Crippen LogP contribution in [0.5, 0.6) is 0 Å². The normalized spacial score (nSPS) is 27.2. The van der Waals surface area contributed by atoms with Gasteiger partial charge >= 0.3 is 0 Å². The van der Waals surface area contributed by atoms with Crippen LogP contribution in [0.25, 0.3) is 0 Å².